The van der Waals surface area contributed by atoms with Gasteiger partial charge in [-0.3, -0.25) is 0 Å². The summed E-state index contributed by atoms with van der Waals surface area (Å²) in [5, 5.41) is 11.2. The normalized spacial score (nSPS) is 10.7. The molecule has 0 radical (unpaired) electrons. The summed E-state index contributed by atoms with van der Waals surface area (Å²) in [6.07, 6.45) is 6.07. The number of aryl methyl sites for hydroxylation is 1. The van der Waals surface area contributed by atoms with Gasteiger partial charge in [-0.1, -0.05) is 0 Å². The van der Waals surface area contributed by atoms with Crippen molar-refractivity contribution in [1.29, 1.82) is 0 Å². The molecule has 1 rings (SSSR count). The van der Waals surface area contributed by atoms with Gasteiger partial charge in [-0.25, -0.2) is 0 Å². The first-order valence-electron chi connectivity index (χ1n) is 4.87. The molecule has 0 bridgehead atoms. The fourth-order valence-corrected chi connectivity index (χ4v) is 1.63. The lowest BCUT2D eigenvalue weighted by Crippen LogP contribution is -2.20. The van der Waals surface area contributed by atoms with Crippen LogP contribution >= 0.6 is 11.8 Å². The van der Waals surface area contributed by atoms with Crippen LogP contribution in [0.15, 0.2) is 6.33 Å². The third-order valence-corrected chi connectivity index (χ3v) is 2.73. The summed E-state index contributed by atoms with van der Waals surface area (Å²) in [7, 11) is 1.98. The molecule has 0 amide bonds. The maximum absolute atomic E-state index is 4.02. The number of thioether (sulfide) groups is 1. The van der Waals surface area contributed by atoms with Crippen LogP contribution in [0.3, 0.4) is 0 Å². The monoisotopic (exact) mass is 214 g/mol. The number of rotatable bonds is 7. The molecule has 1 aromatic heterocycles. The first kappa shape index (κ1) is 11.5. The van der Waals surface area contributed by atoms with Gasteiger partial charge in [-0.15, -0.1) is 10.2 Å². The van der Waals surface area contributed by atoms with Crippen LogP contribution in [-0.2, 0) is 13.5 Å². The van der Waals surface area contributed by atoms with Crippen LogP contribution in [0.25, 0.3) is 0 Å². The quantitative estimate of drug-likeness (QED) is 0.679. The highest BCUT2D eigenvalue weighted by Gasteiger charge is 1.98. The highest BCUT2D eigenvalue weighted by Crippen LogP contribution is 1.94. The molecule has 0 spiro atoms. The average molecular weight is 214 g/mol. The van der Waals surface area contributed by atoms with Crippen LogP contribution in [0.2, 0.25) is 0 Å². The van der Waals surface area contributed by atoms with E-state index in [2.05, 4.69) is 21.8 Å². The Morgan fingerprint density at radius 1 is 1.50 bits per heavy atom. The van der Waals surface area contributed by atoms with Gasteiger partial charge in [0.15, 0.2) is 0 Å². The summed E-state index contributed by atoms with van der Waals surface area (Å²) in [5.74, 6) is 2.28. The predicted octanol–water partition coefficient (Wildman–Crippen LogP) is 0.700. The molecule has 1 heterocycles. The second-order valence-corrected chi connectivity index (χ2v) is 4.19. The van der Waals surface area contributed by atoms with Crippen LogP contribution in [0.1, 0.15) is 12.2 Å². The molecule has 1 N–H and O–H groups in total. The van der Waals surface area contributed by atoms with Crippen molar-refractivity contribution in [3.63, 3.8) is 0 Å². The van der Waals surface area contributed by atoms with Crippen molar-refractivity contribution in [2.75, 3.05) is 25.1 Å². The lowest BCUT2D eigenvalue weighted by molar-refractivity contribution is 0.647. The van der Waals surface area contributed by atoms with Gasteiger partial charge in [0, 0.05) is 20.0 Å². The molecule has 0 aliphatic carbocycles. The number of nitrogens with one attached hydrogen (secondary N) is 1. The Bertz CT molecular complexity index is 249. The predicted molar refractivity (Wildman–Crippen MR) is 60.6 cm³/mol. The fourth-order valence-electron chi connectivity index (χ4n) is 1.20. The molecule has 0 aromatic carbocycles. The molecule has 0 fully saturated rings. The minimum Gasteiger partial charge on any atom is -0.321 e. The zero-order valence-electron chi connectivity index (χ0n) is 8.86. The minimum atomic E-state index is 0.954. The van der Waals surface area contributed by atoms with E-state index in [0.29, 0.717) is 0 Å². The Balaban J connectivity index is 2.02. The molecule has 80 valence electrons. The first-order valence-corrected chi connectivity index (χ1v) is 6.26. The third-order valence-electron chi connectivity index (χ3n) is 2.03. The van der Waals surface area contributed by atoms with Gasteiger partial charge in [0.05, 0.1) is 0 Å². The van der Waals surface area contributed by atoms with Crippen molar-refractivity contribution in [3.05, 3.63) is 12.2 Å². The fraction of sp³-hybridized carbons (Fsp3) is 0.778. The smallest absolute Gasteiger partial charge is 0.133 e. The third kappa shape index (κ3) is 4.11. The Hall–Kier alpha value is -0.550. The molecule has 14 heavy (non-hydrogen) atoms. The van der Waals surface area contributed by atoms with Crippen molar-refractivity contribution in [2.24, 2.45) is 7.05 Å². The van der Waals surface area contributed by atoms with E-state index in [1.807, 2.05) is 23.4 Å². The largest absolute Gasteiger partial charge is 0.321 e. The molecular formula is C9H18N4S. The van der Waals surface area contributed by atoms with E-state index in [9.17, 15) is 0 Å². The van der Waals surface area contributed by atoms with Crippen molar-refractivity contribution in [1.82, 2.24) is 20.1 Å². The van der Waals surface area contributed by atoms with Crippen LogP contribution in [0, 0.1) is 0 Å². The van der Waals surface area contributed by atoms with E-state index in [-0.39, 0.29) is 0 Å². The zero-order chi connectivity index (χ0) is 10.2. The maximum Gasteiger partial charge on any atom is 0.133 e. The van der Waals surface area contributed by atoms with Crippen molar-refractivity contribution >= 4 is 11.8 Å². The van der Waals surface area contributed by atoms with Crippen LogP contribution in [0.5, 0.6) is 0 Å². The first-order chi connectivity index (χ1) is 6.84. The van der Waals surface area contributed by atoms with Crippen LogP contribution in [-0.4, -0.2) is 39.9 Å². The maximum atomic E-state index is 4.02. The summed E-state index contributed by atoms with van der Waals surface area (Å²) >= 11 is 1.89. The highest BCUT2D eigenvalue weighted by atomic mass is 32.2. The van der Waals surface area contributed by atoms with E-state index in [0.717, 1.165) is 25.3 Å². The van der Waals surface area contributed by atoms with Gasteiger partial charge in [-0.05, 0) is 25.0 Å². The van der Waals surface area contributed by atoms with Crippen molar-refractivity contribution in [2.45, 2.75) is 12.8 Å². The van der Waals surface area contributed by atoms with E-state index in [4.69, 9.17) is 0 Å². The van der Waals surface area contributed by atoms with Gasteiger partial charge in [0.1, 0.15) is 12.2 Å². The topological polar surface area (TPSA) is 42.7 Å². The summed E-state index contributed by atoms with van der Waals surface area (Å²) < 4.78 is 1.96. The molecule has 0 unspecified atom stereocenters. The average Bonchev–Trinajstić information content (AvgIpc) is 2.58. The standard InChI is InChI=1S/C9H18N4S/c1-13-8-11-12-9(13)4-6-10-5-3-7-14-2/h8,10H,3-7H2,1-2H3. The van der Waals surface area contributed by atoms with E-state index >= 15 is 0 Å². The molecule has 0 saturated carbocycles. The zero-order valence-corrected chi connectivity index (χ0v) is 9.68. The van der Waals surface area contributed by atoms with Gasteiger partial charge in [0.2, 0.25) is 0 Å². The number of hydrogen-bond acceptors (Lipinski definition) is 4. The molecule has 1 aromatic rings. The van der Waals surface area contributed by atoms with E-state index < -0.39 is 0 Å². The summed E-state index contributed by atoms with van der Waals surface area (Å²) in [6, 6.07) is 0. The number of hydrogen-bond donors (Lipinski definition) is 1. The van der Waals surface area contributed by atoms with Crippen molar-refractivity contribution in [3.8, 4) is 0 Å². The molecule has 0 atom stereocenters. The lowest BCUT2D eigenvalue weighted by atomic mass is 10.4. The highest BCUT2D eigenvalue weighted by molar-refractivity contribution is 7.98. The van der Waals surface area contributed by atoms with Gasteiger partial charge < -0.3 is 9.88 Å². The molecule has 0 aliphatic rings. The molecule has 5 heteroatoms. The second kappa shape index (κ2) is 6.84. The Morgan fingerprint density at radius 3 is 3.00 bits per heavy atom. The van der Waals surface area contributed by atoms with Crippen LogP contribution in [0.4, 0.5) is 0 Å². The molecular weight excluding hydrogens is 196 g/mol. The Morgan fingerprint density at radius 2 is 2.36 bits per heavy atom. The molecule has 0 aliphatic heterocycles. The SMILES string of the molecule is CSCCCNCCc1nncn1C. The Kier molecular flexibility index (Phi) is 5.63. The summed E-state index contributed by atoms with van der Waals surface area (Å²) in [5.41, 5.74) is 0. The number of aromatic nitrogens is 3. The van der Waals surface area contributed by atoms with Crippen LogP contribution < -0.4 is 5.32 Å². The summed E-state index contributed by atoms with van der Waals surface area (Å²) in [6.45, 7) is 2.08. The molecule has 0 saturated heterocycles. The van der Waals surface area contributed by atoms with Crippen molar-refractivity contribution < 1.29 is 0 Å². The van der Waals surface area contributed by atoms with E-state index in [1.165, 1.54) is 12.2 Å². The van der Waals surface area contributed by atoms with Gasteiger partial charge in [-0.2, -0.15) is 11.8 Å². The lowest BCUT2D eigenvalue weighted by Gasteiger charge is -2.03. The van der Waals surface area contributed by atoms with E-state index in [1.54, 1.807) is 6.33 Å². The molecule has 4 nitrogen and oxygen atoms in total. The minimum absolute atomic E-state index is 0.954. The van der Waals surface area contributed by atoms with Gasteiger partial charge >= 0.3 is 0 Å². The van der Waals surface area contributed by atoms with Gasteiger partial charge in [0.25, 0.3) is 0 Å². The number of nitrogens with zero attached hydrogens (tertiary/aromatic N) is 3. The second-order valence-electron chi connectivity index (χ2n) is 3.20. The summed E-state index contributed by atoms with van der Waals surface area (Å²) in [4.78, 5) is 0. The Labute approximate surface area is 89.5 Å².